The van der Waals surface area contributed by atoms with Crippen molar-refractivity contribution in [2.45, 2.75) is 6.54 Å². The average Bonchev–Trinajstić information content (AvgIpc) is 3.23. The first-order valence-corrected chi connectivity index (χ1v) is 9.26. The lowest BCUT2D eigenvalue weighted by molar-refractivity contribution is 0.111. The first-order valence-electron chi connectivity index (χ1n) is 9.26. The van der Waals surface area contributed by atoms with Gasteiger partial charge in [0.15, 0.2) is 0 Å². The van der Waals surface area contributed by atoms with E-state index in [0.29, 0.717) is 29.3 Å². The molecule has 0 aliphatic rings. The molecule has 0 N–H and O–H groups in total. The molecule has 0 spiro atoms. The van der Waals surface area contributed by atoms with Gasteiger partial charge in [0, 0.05) is 17.4 Å². The molecule has 0 aliphatic carbocycles. The zero-order valence-electron chi connectivity index (χ0n) is 16.0. The van der Waals surface area contributed by atoms with Crippen LogP contribution in [0.1, 0.15) is 11.1 Å². The molecule has 30 heavy (non-hydrogen) atoms. The lowest BCUT2D eigenvalue weighted by Crippen LogP contribution is -2.23. The number of ether oxygens (including phenoxy) is 2. The number of aromatic nitrogens is 3. The molecule has 0 amide bonds. The molecule has 148 valence electrons. The summed E-state index contributed by atoms with van der Waals surface area (Å²) >= 11 is 0. The van der Waals surface area contributed by atoms with Crippen LogP contribution in [-0.2, 0) is 6.54 Å². The molecular formula is C23H18N4O3. The number of nitrogens with zero attached hydrogens (tertiary/aromatic N) is 4. The largest absolute Gasteiger partial charge is 0.457 e. The monoisotopic (exact) mass is 398 g/mol. The van der Waals surface area contributed by atoms with Gasteiger partial charge in [-0.2, -0.15) is 5.26 Å². The molecular weight excluding hydrogens is 380 g/mol. The van der Waals surface area contributed by atoms with Gasteiger partial charge in [0.05, 0.1) is 30.7 Å². The highest BCUT2D eigenvalue weighted by molar-refractivity contribution is 5.34. The van der Waals surface area contributed by atoms with E-state index in [1.54, 1.807) is 58.2 Å². The van der Waals surface area contributed by atoms with Crippen LogP contribution in [0.15, 0.2) is 90.2 Å². The standard InChI is InChI=1S/C23H18N4O3/c24-13-18-8-10-21(11-9-18)29-17-30-22-14-25-16-26(22)15-19-5-4-12-27(23(19)28)20-6-2-1-3-7-20/h1-12,14,16H,15,17H2. The number of benzene rings is 2. The Hall–Kier alpha value is -4.31. The smallest absolute Gasteiger partial charge is 0.260 e. The summed E-state index contributed by atoms with van der Waals surface area (Å²) < 4.78 is 14.6. The van der Waals surface area contributed by atoms with Crippen molar-refractivity contribution in [3.8, 4) is 23.4 Å². The molecule has 2 heterocycles. The second-order valence-corrected chi connectivity index (χ2v) is 6.45. The van der Waals surface area contributed by atoms with Crippen LogP contribution in [0.4, 0.5) is 0 Å². The minimum absolute atomic E-state index is 0.0272. The lowest BCUT2D eigenvalue weighted by Gasteiger charge is -2.12. The molecule has 0 aliphatic heterocycles. The lowest BCUT2D eigenvalue weighted by atomic mass is 10.2. The molecule has 2 aromatic carbocycles. The van der Waals surface area contributed by atoms with E-state index in [4.69, 9.17) is 14.7 Å². The molecule has 4 rings (SSSR count). The molecule has 0 saturated heterocycles. The number of pyridine rings is 1. The van der Waals surface area contributed by atoms with Crippen LogP contribution in [0.5, 0.6) is 11.6 Å². The third-order valence-corrected chi connectivity index (χ3v) is 4.49. The van der Waals surface area contributed by atoms with Gasteiger partial charge in [-0.05, 0) is 42.5 Å². The number of rotatable bonds is 7. The highest BCUT2D eigenvalue weighted by atomic mass is 16.7. The topological polar surface area (TPSA) is 82.1 Å². The van der Waals surface area contributed by atoms with Gasteiger partial charge >= 0.3 is 0 Å². The normalized spacial score (nSPS) is 10.4. The Bertz CT molecular complexity index is 1220. The quantitative estimate of drug-likeness (QED) is 0.446. The Morgan fingerprint density at radius 3 is 2.53 bits per heavy atom. The van der Waals surface area contributed by atoms with Crippen LogP contribution in [0.2, 0.25) is 0 Å². The van der Waals surface area contributed by atoms with Crippen molar-refractivity contribution in [1.82, 2.24) is 14.1 Å². The number of hydrogen-bond donors (Lipinski definition) is 0. The van der Waals surface area contributed by atoms with Gasteiger partial charge in [-0.15, -0.1) is 0 Å². The Kier molecular flexibility index (Phi) is 5.58. The fourth-order valence-electron chi connectivity index (χ4n) is 2.97. The van der Waals surface area contributed by atoms with Crippen molar-refractivity contribution >= 4 is 0 Å². The Morgan fingerprint density at radius 2 is 1.77 bits per heavy atom. The number of para-hydroxylation sites is 1. The van der Waals surface area contributed by atoms with Crippen molar-refractivity contribution < 1.29 is 9.47 Å². The minimum atomic E-state index is -0.0998. The number of hydrogen-bond acceptors (Lipinski definition) is 5. The Balaban J connectivity index is 1.45. The van der Waals surface area contributed by atoms with Gasteiger partial charge in [-0.3, -0.25) is 13.9 Å². The van der Waals surface area contributed by atoms with Gasteiger partial charge in [0.25, 0.3) is 5.56 Å². The predicted octanol–water partition coefficient (Wildman–Crippen LogP) is 3.37. The molecule has 0 radical (unpaired) electrons. The zero-order chi connectivity index (χ0) is 20.8. The zero-order valence-corrected chi connectivity index (χ0v) is 16.0. The van der Waals surface area contributed by atoms with Crippen LogP contribution in [0.25, 0.3) is 5.69 Å². The third-order valence-electron chi connectivity index (χ3n) is 4.49. The van der Waals surface area contributed by atoms with Crippen molar-refractivity contribution in [2.75, 3.05) is 6.79 Å². The summed E-state index contributed by atoms with van der Waals surface area (Å²) in [5.74, 6) is 1.08. The first kappa shape index (κ1) is 19.0. The van der Waals surface area contributed by atoms with Crippen molar-refractivity contribution in [3.05, 3.63) is 107 Å². The maximum Gasteiger partial charge on any atom is 0.260 e. The van der Waals surface area contributed by atoms with Gasteiger partial charge < -0.3 is 9.47 Å². The second kappa shape index (κ2) is 8.80. The van der Waals surface area contributed by atoms with E-state index < -0.39 is 0 Å². The Morgan fingerprint density at radius 1 is 0.967 bits per heavy atom. The van der Waals surface area contributed by atoms with E-state index in [1.165, 1.54) is 0 Å². The van der Waals surface area contributed by atoms with E-state index >= 15 is 0 Å². The van der Waals surface area contributed by atoms with Crippen molar-refractivity contribution in [1.29, 1.82) is 5.26 Å². The fourth-order valence-corrected chi connectivity index (χ4v) is 2.97. The van der Waals surface area contributed by atoms with E-state index in [1.807, 2.05) is 36.4 Å². The molecule has 4 aromatic rings. The van der Waals surface area contributed by atoms with Gasteiger partial charge in [0.2, 0.25) is 12.7 Å². The van der Waals surface area contributed by atoms with E-state index in [0.717, 1.165) is 5.69 Å². The summed E-state index contributed by atoms with van der Waals surface area (Å²) in [5.41, 5.74) is 1.88. The van der Waals surface area contributed by atoms with Crippen LogP contribution in [-0.4, -0.2) is 20.9 Å². The molecule has 2 aromatic heterocycles. The summed E-state index contributed by atoms with van der Waals surface area (Å²) in [5, 5.41) is 8.83. The first-order chi connectivity index (χ1) is 14.7. The summed E-state index contributed by atoms with van der Waals surface area (Å²) in [6.45, 7) is 0.291. The molecule has 0 bridgehead atoms. The van der Waals surface area contributed by atoms with Crippen LogP contribution < -0.4 is 15.0 Å². The highest BCUT2D eigenvalue weighted by Crippen LogP contribution is 2.15. The SMILES string of the molecule is N#Cc1ccc(OCOc2cncn2Cc2cccn(-c3ccccc3)c2=O)cc1. The van der Waals surface area contributed by atoms with Gasteiger partial charge in [-0.25, -0.2) is 4.98 Å². The molecule has 0 fully saturated rings. The fraction of sp³-hybridized carbons (Fsp3) is 0.0870. The maximum atomic E-state index is 12.9. The molecule has 0 atom stereocenters. The summed E-state index contributed by atoms with van der Waals surface area (Å²) in [4.78, 5) is 17.0. The van der Waals surface area contributed by atoms with Crippen LogP contribution in [0.3, 0.4) is 0 Å². The molecule has 7 heteroatoms. The molecule has 0 unspecified atom stereocenters. The van der Waals surface area contributed by atoms with E-state index in [2.05, 4.69) is 11.1 Å². The third kappa shape index (κ3) is 4.23. The molecule has 0 saturated carbocycles. The highest BCUT2D eigenvalue weighted by Gasteiger charge is 2.09. The Labute approximate surface area is 173 Å². The van der Waals surface area contributed by atoms with E-state index in [-0.39, 0.29) is 12.4 Å². The predicted molar refractivity (Wildman–Crippen MR) is 111 cm³/mol. The number of nitriles is 1. The summed E-state index contributed by atoms with van der Waals surface area (Å²) in [7, 11) is 0. The van der Waals surface area contributed by atoms with Crippen LogP contribution in [0, 0.1) is 11.3 Å². The van der Waals surface area contributed by atoms with Crippen LogP contribution >= 0.6 is 0 Å². The summed E-state index contributed by atoms with van der Waals surface area (Å²) in [6.07, 6.45) is 4.93. The average molecular weight is 398 g/mol. The maximum absolute atomic E-state index is 12.9. The molecule has 7 nitrogen and oxygen atoms in total. The van der Waals surface area contributed by atoms with E-state index in [9.17, 15) is 4.79 Å². The van der Waals surface area contributed by atoms with Crippen molar-refractivity contribution in [3.63, 3.8) is 0 Å². The second-order valence-electron chi connectivity index (χ2n) is 6.45. The summed E-state index contributed by atoms with van der Waals surface area (Å²) in [6, 6.07) is 21.9. The number of imidazole rings is 1. The van der Waals surface area contributed by atoms with Crippen molar-refractivity contribution in [2.24, 2.45) is 0 Å². The van der Waals surface area contributed by atoms with Gasteiger partial charge in [-0.1, -0.05) is 24.3 Å². The minimum Gasteiger partial charge on any atom is -0.457 e. The van der Waals surface area contributed by atoms with Gasteiger partial charge in [0.1, 0.15) is 5.75 Å².